The molecule has 3 aromatic heterocycles. The molecular formula is C44H53F2N9O7. The highest BCUT2D eigenvalue weighted by atomic mass is 19.3. The number of aryl methyl sites for hydroxylation is 1. The van der Waals surface area contributed by atoms with E-state index in [0.717, 1.165) is 56.7 Å². The minimum absolute atomic E-state index is 0.147. The molecule has 62 heavy (non-hydrogen) atoms. The van der Waals surface area contributed by atoms with Crippen molar-refractivity contribution in [2.24, 2.45) is 18.9 Å². The molecule has 16 nitrogen and oxygen atoms in total. The van der Waals surface area contributed by atoms with E-state index in [-0.39, 0.29) is 29.6 Å². The SMILES string of the molecule is COC(=O)N[C@H](C(=O)N1CCC[C@H]1c1ncc(-c2ccc(-c3cc4cc(-c5cnc([C@@H]6CC(F)(F)CN6C(=O)[C@@H](NC(=O)OC)C(C)C)[nH]5)ccc4n3C)c(OC)c2)[nH]1)C(C)C. The molecule has 0 aliphatic carbocycles. The molecular weight excluding hydrogens is 805 g/mol. The first-order valence-electron chi connectivity index (χ1n) is 20.6. The van der Waals surface area contributed by atoms with Crippen molar-refractivity contribution in [2.75, 3.05) is 34.4 Å². The van der Waals surface area contributed by atoms with E-state index >= 15 is 0 Å². The molecule has 4 amide bonds. The molecule has 2 saturated heterocycles. The smallest absolute Gasteiger partial charge is 0.407 e. The maximum Gasteiger partial charge on any atom is 0.407 e. The molecule has 2 aromatic carbocycles. The van der Waals surface area contributed by atoms with E-state index in [0.29, 0.717) is 23.8 Å². The summed E-state index contributed by atoms with van der Waals surface area (Å²) in [6.07, 6.45) is 2.75. The Bertz CT molecular complexity index is 2480. The van der Waals surface area contributed by atoms with Gasteiger partial charge >= 0.3 is 12.2 Å². The first-order chi connectivity index (χ1) is 29.5. The van der Waals surface area contributed by atoms with Crippen molar-refractivity contribution in [1.29, 1.82) is 0 Å². The number of aromatic amines is 2. The highest BCUT2D eigenvalue weighted by Gasteiger charge is 2.50. The normalized spacial score (nSPS) is 18.3. The Hall–Kier alpha value is -6.46. The van der Waals surface area contributed by atoms with E-state index in [1.54, 1.807) is 38.3 Å². The number of hydrogen-bond donors (Lipinski definition) is 4. The van der Waals surface area contributed by atoms with E-state index in [9.17, 15) is 28.0 Å². The van der Waals surface area contributed by atoms with Crippen LogP contribution in [0.4, 0.5) is 18.4 Å². The molecule has 5 heterocycles. The molecule has 0 bridgehead atoms. The van der Waals surface area contributed by atoms with E-state index < -0.39 is 55.1 Å². The number of rotatable bonds is 12. The zero-order valence-electron chi connectivity index (χ0n) is 36.0. The Morgan fingerprint density at radius 2 is 1.35 bits per heavy atom. The highest BCUT2D eigenvalue weighted by molar-refractivity contribution is 5.92. The number of imidazole rings is 2. The Balaban J connectivity index is 1.11. The molecule has 4 N–H and O–H groups in total. The summed E-state index contributed by atoms with van der Waals surface area (Å²) in [6.45, 7) is 6.93. The van der Waals surface area contributed by atoms with Gasteiger partial charge in [0.15, 0.2) is 0 Å². The summed E-state index contributed by atoms with van der Waals surface area (Å²) in [4.78, 5) is 69.9. The molecule has 0 unspecified atom stereocenters. The number of methoxy groups -OCH3 is 3. The first-order valence-corrected chi connectivity index (χ1v) is 20.6. The summed E-state index contributed by atoms with van der Waals surface area (Å²) in [7, 11) is 6.02. The molecule has 5 aromatic rings. The van der Waals surface area contributed by atoms with Crippen molar-refractivity contribution >= 4 is 34.9 Å². The topological polar surface area (TPSA) is 189 Å². The predicted octanol–water partition coefficient (Wildman–Crippen LogP) is 6.97. The molecule has 2 aliphatic rings. The van der Waals surface area contributed by atoms with Gasteiger partial charge in [0, 0.05) is 47.6 Å². The molecule has 330 valence electrons. The van der Waals surface area contributed by atoms with Crippen molar-refractivity contribution in [2.45, 2.75) is 77.0 Å². The van der Waals surface area contributed by atoms with Gasteiger partial charge in [-0.1, -0.05) is 39.8 Å². The van der Waals surface area contributed by atoms with Gasteiger partial charge in [0.25, 0.3) is 5.92 Å². The molecule has 2 aliphatic heterocycles. The van der Waals surface area contributed by atoms with Gasteiger partial charge in [-0.25, -0.2) is 28.3 Å². The van der Waals surface area contributed by atoms with Gasteiger partial charge in [0.2, 0.25) is 11.8 Å². The van der Waals surface area contributed by atoms with Crippen LogP contribution in [0.3, 0.4) is 0 Å². The monoisotopic (exact) mass is 857 g/mol. The second-order valence-corrected chi connectivity index (χ2v) is 16.6. The van der Waals surface area contributed by atoms with E-state index in [1.165, 1.54) is 14.2 Å². The Labute approximate surface area is 357 Å². The van der Waals surface area contributed by atoms with Gasteiger partial charge < -0.3 is 49.2 Å². The molecule has 7 rings (SSSR count). The van der Waals surface area contributed by atoms with E-state index in [4.69, 9.17) is 9.47 Å². The number of carbonyl (C=O) groups excluding carboxylic acids is 4. The third-order valence-corrected chi connectivity index (χ3v) is 11.8. The van der Waals surface area contributed by atoms with Gasteiger partial charge in [-0.15, -0.1) is 0 Å². The van der Waals surface area contributed by atoms with Gasteiger partial charge in [0.1, 0.15) is 29.5 Å². The number of likely N-dealkylation sites (tertiary alicyclic amines) is 2. The minimum atomic E-state index is -3.15. The third-order valence-electron chi connectivity index (χ3n) is 11.8. The maximum absolute atomic E-state index is 14.9. The zero-order valence-corrected chi connectivity index (χ0v) is 36.0. The molecule has 0 saturated carbocycles. The van der Waals surface area contributed by atoms with Crippen LogP contribution in [0.2, 0.25) is 0 Å². The van der Waals surface area contributed by atoms with Gasteiger partial charge in [0.05, 0.1) is 69.4 Å². The van der Waals surface area contributed by atoms with E-state index in [2.05, 4.69) is 39.9 Å². The summed E-state index contributed by atoms with van der Waals surface area (Å²) in [5, 5.41) is 6.08. The number of alkyl halides is 2. The Morgan fingerprint density at radius 3 is 1.94 bits per heavy atom. The second-order valence-electron chi connectivity index (χ2n) is 16.6. The lowest BCUT2D eigenvalue weighted by Crippen LogP contribution is -2.51. The molecule has 0 radical (unpaired) electrons. The lowest BCUT2D eigenvalue weighted by Gasteiger charge is -2.30. The van der Waals surface area contributed by atoms with Gasteiger partial charge in [-0.2, -0.15) is 0 Å². The lowest BCUT2D eigenvalue weighted by molar-refractivity contribution is -0.137. The van der Waals surface area contributed by atoms with Gasteiger partial charge in [-0.05, 0) is 55.0 Å². The number of benzene rings is 2. The summed E-state index contributed by atoms with van der Waals surface area (Å²) in [6, 6.07) is 10.7. The predicted molar refractivity (Wildman–Crippen MR) is 226 cm³/mol. The summed E-state index contributed by atoms with van der Waals surface area (Å²) in [5.41, 5.74) is 5.62. The number of aromatic nitrogens is 5. The van der Waals surface area contributed by atoms with Crippen LogP contribution in [0.5, 0.6) is 5.75 Å². The number of carbonyl (C=O) groups is 4. The second kappa shape index (κ2) is 17.5. The number of nitrogens with zero attached hydrogens (tertiary/aromatic N) is 5. The van der Waals surface area contributed by atoms with Crippen LogP contribution in [-0.2, 0) is 26.1 Å². The number of H-pyrrole nitrogens is 2. The standard InChI is InChI=1S/C44H53F2N9O7/c1-23(2)36(51-42(58)61-7)40(56)54-15-9-10-32(54)38-47-21-30(49-38)26-11-13-28(35(18-26)60-6)33-17-27-16-25(12-14-31(27)53(33)5)29-20-48-39(50-29)34-19-44(45,46)22-55(34)41(57)37(24(3)4)52-43(59)62-8/h11-14,16-18,20-21,23-24,32,34,36-37H,9-10,15,19,22H2,1-8H3,(H,47,49)(H,48,50)(H,51,58)(H,52,59)/t32-,34-,36-,37-/m0/s1. The number of hydrogen-bond acceptors (Lipinski definition) is 9. The van der Waals surface area contributed by atoms with Crippen LogP contribution >= 0.6 is 0 Å². The molecule has 18 heteroatoms. The van der Waals surface area contributed by atoms with Crippen molar-refractivity contribution in [3.05, 3.63) is 66.5 Å². The quantitative estimate of drug-likeness (QED) is 0.103. The Kier molecular flexibility index (Phi) is 12.3. The van der Waals surface area contributed by atoms with Crippen LogP contribution in [0, 0.1) is 11.8 Å². The molecule has 4 atom stereocenters. The number of ether oxygens (including phenoxy) is 3. The van der Waals surface area contributed by atoms with Crippen LogP contribution in [0.25, 0.3) is 44.7 Å². The number of fused-ring (bicyclic) bond motifs is 1. The van der Waals surface area contributed by atoms with Crippen molar-refractivity contribution in [3.63, 3.8) is 0 Å². The fraction of sp³-hybridized carbons (Fsp3) is 0.455. The molecule has 2 fully saturated rings. The van der Waals surface area contributed by atoms with Crippen molar-refractivity contribution in [1.82, 2.24) is 44.9 Å². The number of halogens is 2. The summed E-state index contributed by atoms with van der Waals surface area (Å²) < 4.78 is 47.3. The van der Waals surface area contributed by atoms with E-state index in [1.807, 2.05) is 63.4 Å². The maximum atomic E-state index is 14.9. The summed E-state index contributed by atoms with van der Waals surface area (Å²) >= 11 is 0. The minimum Gasteiger partial charge on any atom is -0.496 e. The molecule has 0 spiro atoms. The van der Waals surface area contributed by atoms with Gasteiger partial charge in [-0.3, -0.25) is 9.59 Å². The summed E-state index contributed by atoms with van der Waals surface area (Å²) in [5.74, 6) is -3.00. The van der Waals surface area contributed by atoms with Crippen molar-refractivity contribution < 1.29 is 42.2 Å². The average Bonchev–Trinajstić information content (AvgIpc) is 4.11. The van der Waals surface area contributed by atoms with Crippen LogP contribution in [0.1, 0.15) is 70.7 Å². The number of nitrogens with one attached hydrogen (secondary N) is 4. The largest absolute Gasteiger partial charge is 0.496 e. The van der Waals surface area contributed by atoms with Crippen LogP contribution in [-0.4, -0.2) is 111 Å². The third kappa shape index (κ3) is 8.54. The van der Waals surface area contributed by atoms with Crippen molar-refractivity contribution in [3.8, 4) is 39.5 Å². The fourth-order valence-corrected chi connectivity index (χ4v) is 8.51. The van der Waals surface area contributed by atoms with Crippen LogP contribution in [0.15, 0.2) is 54.9 Å². The number of alkyl carbamates (subject to hydrolysis) is 2. The lowest BCUT2D eigenvalue weighted by atomic mass is 10.0. The first kappa shape index (κ1) is 43.6. The fourth-order valence-electron chi connectivity index (χ4n) is 8.51. The highest BCUT2D eigenvalue weighted by Crippen LogP contribution is 2.42. The Morgan fingerprint density at radius 1 is 0.790 bits per heavy atom. The van der Waals surface area contributed by atoms with Crippen LogP contribution < -0.4 is 15.4 Å². The zero-order chi connectivity index (χ0) is 44.6. The number of amides is 4. The average molecular weight is 858 g/mol.